The van der Waals surface area contributed by atoms with Crippen LogP contribution < -0.4 is 0 Å². The lowest BCUT2D eigenvalue weighted by molar-refractivity contribution is -0.137. The maximum Gasteiger partial charge on any atom is 0.416 e. The van der Waals surface area contributed by atoms with E-state index in [-0.39, 0.29) is 0 Å². The highest BCUT2D eigenvalue weighted by Gasteiger charge is 2.30. The van der Waals surface area contributed by atoms with Gasteiger partial charge in [0.1, 0.15) is 0 Å². The molecule has 2 aromatic heterocycles. The van der Waals surface area contributed by atoms with Crippen molar-refractivity contribution >= 4 is 10.9 Å². The number of nitrogens with zero attached hydrogens (tertiary/aromatic N) is 2. The van der Waals surface area contributed by atoms with Gasteiger partial charge in [0.2, 0.25) is 0 Å². The van der Waals surface area contributed by atoms with Gasteiger partial charge in [-0.3, -0.25) is 4.98 Å². The van der Waals surface area contributed by atoms with Crippen LogP contribution in [-0.4, -0.2) is 9.97 Å². The Morgan fingerprint density at radius 1 is 0.815 bits per heavy atom. The van der Waals surface area contributed by atoms with E-state index < -0.39 is 11.7 Å². The zero-order valence-electron chi connectivity index (χ0n) is 14.5. The molecule has 134 valence electrons. The summed E-state index contributed by atoms with van der Waals surface area (Å²) >= 11 is 0. The zero-order valence-corrected chi connectivity index (χ0v) is 14.5. The summed E-state index contributed by atoms with van der Waals surface area (Å²) in [5.41, 5.74) is 4.25. The van der Waals surface area contributed by atoms with Gasteiger partial charge in [-0.15, -0.1) is 0 Å². The van der Waals surface area contributed by atoms with Gasteiger partial charge in [0.15, 0.2) is 0 Å². The Morgan fingerprint density at radius 3 is 2.19 bits per heavy atom. The van der Waals surface area contributed by atoms with Crippen LogP contribution >= 0.6 is 0 Å². The predicted molar refractivity (Wildman–Crippen MR) is 100 cm³/mol. The first-order chi connectivity index (χ1) is 12.9. The molecule has 0 saturated carbocycles. The minimum atomic E-state index is -4.34. The second-order valence-electron chi connectivity index (χ2n) is 6.35. The summed E-state index contributed by atoms with van der Waals surface area (Å²) in [6.07, 6.45) is -2.63. The monoisotopic (exact) mass is 364 g/mol. The molecule has 5 heteroatoms. The van der Waals surface area contributed by atoms with Crippen LogP contribution in [0.1, 0.15) is 11.1 Å². The molecule has 0 aliphatic carbocycles. The number of hydrogen-bond acceptors (Lipinski definition) is 2. The van der Waals surface area contributed by atoms with E-state index in [9.17, 15) is 13.2 Å². The average molecular weight is 364 g/mol. The number of fused-ring (bicyclic) bond motifs is 1. The summed E-state index contributed by atoms with van der Waals surface area (Å²) in [5, 5.41) is 1.08. The second kappa shape index (κ2) is 6.50. The fourth-order valence-electron chi connectivity index (χ4n) is 3.05. The highest BCUT2D eigenvalue weighted by Crippen LogP contribution is 2.31. The van der Waals surface area contributed by atoms with Crippen molar-refractivity contribution < 1.29 is 13.2 Å². The minimum absolute atomic E-state index is 0.617. The second-order valence-corrected chi connectivity index (χ2v) is 6.35. The Balaban J connectivity index is 1.67. The molecule has 0 N–H and O–H groups in total. The third-order valence-electron chi connectivity index (χ3n) is 4.46. The number of aryl methyl sites for hydroxylation is 1. The SMILES string of the molecule is Cc1cc2ccccc2nc1-c1ccc(-c2ccc(C(F)(F)F)cc2)nc1. The number of benzene rings is 2. The summed E-state index contributed by atoms with van der Waals surface area (Å²) in [5.74, 6) is 0. The summed E-state index contributed by atoms with van der Waals surface area (Å²) < 4.78 is 38.1. The van der Waals surface area contributed by atoms with Crippen LogP contribution in [0.2, 0.25) is 0 Å². The Hall–Kier alpha value is -3.21. The molecular weight excluding hydrogens is 349 g/mol. The normalized spacial score (nSPS) is 11.7. The van der Waals surface area contributed by atoms with Gasteiger partial charge in [-0.05, 0) is 48.9 Å². The minimum Gasteiger partial charge on any atom is -0.256 e. The van der Waals surface area contributed by atoms with E-state index in [0.29, 0.717) is 11.3 Å². The van der Waals surface area contributed by atoms with Crippen LogP contribution in [0.15, 0.2) is 72.9 Å². The first-order valence-electron chi connectivity index (χ1n) is 8.42. The maximum absolute atomic E-state index is 12.7. The molecule has 4 rings (SSSR count). The molecule has 2 nitrogen and oxygen atoms in total. The van der Waals surface area contributed by atoms with Gasteiger partial charge in [0.05, 0.1) is 22.5 Å². The van der Waals surface area contributed by atoms with Crippen LogP contribution in [0.4, 0.5) is 13.2 Å². The molecule has 0 atom stereocenters. The summed E-state index contributed by atoms with van der Waals surface area (Å²) in [4.78, 5) is 9.14. The lowest BCUT2D eigenvalue weighted by Crippen LogP contribution is -2.04. The van der Waals surface area contributed by atoms with Crippen molar-refractivity contribution in [3.63, 3.8) is 0 Å². The van der Waals surface area contributed by atoms with Crippen LogP contribution in [0.3, 0.4) is 0 Å². The van der Waals surface area contributed by atoms with Gasteiger partial charge in [0, 0.05) is 22.7 Å². The average Bonchev–Trinajstić information content (AvgIpc) is 2.67. The molecule has 4 aromatic rings. The fourth-order valence-corrected chi connectivity index (χ4v) is 3.05. The smallest absolute Gasteiger partial charge is 0.256 e. The first kappa shape index (κ1) is 17.2. The quantitative estimate of drug-likeness (QED) is 0.418. The van der Waals surface area contributed by atoms with Gasteiger partial charge in [-0.2, -0.15) is 13.2 Å². The molecule has 0 fully saturated rings. The molecule has 0 aliphatic rings. The lowest BCUT2D eigenvalue weighted by atomic mass is 10.0. The van der Waals surface area contributed by atoms with Crippen LogP contribution in [0, 0.1) is 6.92 Å². The van der Waals surface area contributed by atoms with Crippen molar-refractivity contribution in [3.05, 3.63) is 84.1 Å². The van der Waals surface area contributed by atoms with Crippen molar-refractivity contribution in [1.29, 1.82) is 0 Å². The zero-order chi connectivity index (χ0) is 19.0. The van der Waals surface area contributed by atoms with E-state index in [1.54, 1.807) is 12.3 Å². The summed E-state index contributed by atoms with van der Waals surface area (Å²) in [6, 6.07) is 18.7. The highest BCUT2D eigenvalue weighted by atomic mass is 19.4. The first-order valence-corrected chi connectivity index (χ1v) is 8.42. The van der Waals surface area contributed by atoms with Crippen molar-refractivity contribution in [2.45, 2.75) is 13.1 Å². The topological polar surface area (TPSA) is 25.8 Å². The van der Waals surface area contributed by atoms with Crippen LogP contribution in [0.5, 0.6) is 0 Å². The van der Waals surface area contributed by atoms with Gasteiger partial charge in [-0.25, -0.2) is 4.98 Å². The number of rotatable bonds is 2. The number of pyridine rings is 2. The van der Waals surface area contributed by atoms with E-state index in [4.69, 9.17) is 4.98 Å². The summed E-state index contributed by atoms with van der Waals surface area (Å²) in [6.45, 7) is 2.00. The molecule has 0 saturated heterocycles. The fraction of sp³-hybridized carbons (Fsp3) is 0.0909. The Morgan fingerprint density at radius 2 is 1.52 bits per heavy atom. The molecule has 27 heavy (non-hydrogen) atoms. The van der Waals surface area contributed by atoms with Gasteiger partial charge in [0.25, 0.3) is 0 Å². The van der Waals surface area contributed by atoms with Gasteiger partial charge in [-0.1, -0.05) is 30.3 Å². The Labute approximate surface area is 154 Å². The third kappa shape index (κ3) is 3.40. The maximum atomic E-state index is 12.7. The van der Waals surface area contributed by atoms with Crippen molar-refractivity contribution in [1.82, 2.24) is 9.97 Å². The number of alkyl halides is 3. The van der Waals surface area contributed by atoms with Gasteiger partial charge >= 0.3 is 6.18 Å². The van der Waals surface area contributed by atoms with Crippen molar-refractivity contribution in [2.24, 2.45) is 0 Å². The molecule has 0 unspecified atom stereocenters. The molecule has 2 aromatic carbocycles. The molecule has 0 radical (unpaired) electrons. The van der Waals surface area contributed by atoms with Gasteiger partial charge < -0.3 is 0 Å². The van der Waals surface area contributed by atoms with E-state index in [1.165, 1.54) is 12.1 Å². The summed E-state index contributed by atoms with van der Waals surface area (Å²) in [7, 11) is 0. The molecule has 0 bridgehead atoms. The van der Waals surface area contributed by atoms with E-state index in [0.717, 1.165) is 39.9 Å². The van der Waals surface area contributed by atoms with E-state index in [1.807, 2.05) is 37.3 Å². The standard InChI is InChI=1S/C22H15F3N2/c1-14-12-16-4-2-3-5-20(16)27-21(14)17-8-11-19(26-13-17)15-6-9-18(10-7-15)22(23,24)25/h2-13H,1H3. The molecule has 0 aliphatic heterocycles. The number of para-hydroxylation sites is 1. The van der Waals surface area contributed by atoms with Crippen molar-refractivity contribution in [2.75, 3.05) is 0 Å². The third-order valence-corrected chi connectivity index (χ3v) is 4.46. The molecule has 0 amide bonds. The predicted octanol–water partition coefficient (Wildman–Crippen LogP) is 6.29. The lowest BCUT2D eigenvalue weighted by Gasteiger charge is -2.09. The molecule has 2 heterocycles. The van der Waals surface area contributed by atoms with E-state index in [2.05, 4.69) is 11.1 Å². The molecule has 0 spiro atoms. The number of hydrogen-bond donors (Lipinski definition) is 0. The van der Waals surface area contributed by atoms with Crippen LogP contribution in [0.25, 0.3) is 33.4 Å². The van der Waals surface area contributed by atoms with Crippen molar-refractivity contribution in [3.8, 4) is 22.5 Å². The molecular formula is C22H15F3N2. The largest absolute Gasteiger partial charge is 0.416 e. The van der Waals surface area contributed by atoms with Crippen LogP contribution in [-0.2, 0) is 6.18 Å². The Bertz CT molecular complexity index is 1100. The highest BCUT2D eigenvalue weighted by molar-refractivity contribution is 5.83. The number of aromatic nitrogens is 2. The van der Waals surface area contributed by atoms with E-state index >= 15 is 0 Å². The Kier molecular flexibility index (Phi) is 4.15. The number of halogens is 3.